The number of nitrogens with zero attached hydrogens (tertiary/aromatic N) is 2. The minimum atomic E-state index is -10.7. The molecule has 1 aromatic rings. The fourth-order valence-electron chi connectivity index (χ4n) is 1.38. The molecule has 0 amide bonds. The van der Waals surface area contributed by atoms with Crippen molar-refractivity contribution in [1.29, 1.82) is 0 Å². The first-order valence-electron chi connectivity index (χ1n) is 6.43. The molecule has 0 spiro atoms. The van der Waals surface area contributed by atoms with Crippen LogP contribution in [-0.2, 0) is 13.1 Å². The van der Waals surface area contributed by atoms with Crippen LogP contribution in [0.4, 0.5) is 25.2 Å². The summed E-state index contributed by atoms with van der Waals surface area (Å²) in [5, 5.41) is 0. The van der Waals surface area contributed by atoms with E-state index in [1.54, 1.807) is 0 Å². The fourth-order valence-corrected chi connectivity index (χ4v) is 1.38. The van der Waals surface area contributed by atoms with Crippen LogP contribution in [0.25, 0.3) is 0 Å². The van der Waals surface area contributed by atoms with Gasteiger partial charge in [-0.25, -0.2) is 9.13 Å². The van der Waals surface area contributed by atoms with Crippen molar-refractivity contribution in [2.24, 2.45) is 0 Å². The van der Waals surface area contributed by atoms with Gasteiger partial charge in [0.15, 0.2) is 0 Å². The van der Waals surface area contributed by atoms with Crippen LogP contribution in [0.15, 0.2) is 18.7 Å². The van der Waals surface area contributed by atoms with E-state index in [9.17, 15) is 25.2 Å². The summed E-state index contributed by atoms with van der Waals surface area (Å²) >= 11 is 0. The number of unbranched alkanes of at least 4 members (excludes halogenated alkanes) is 2. The first-order valence-corrected chi connectivity index (χ1v) is 8.46. The van der Waals surface area contributed by atoms with Gasteiger partial charge in [0.25, 0.3) is 0 Å². The molecule has 0 saturated heterocycles. The maximum absolute atomic E-state index is 10.7. The quantitative estimate of drug-likeness (QED) is 0.357. The zero-order valence-corrected chi connectivity index (χ0v) is 12.5. The average molecular weight is 326 g/mol. The van der Waals surface area contributed by atoms with Crippen molar-refractivity contribution in [3.05, 3.63) is 18.7 Å². The van der Waals surface area contributed by atoms with Crippen LogP contribution in [-0.4, -0.2) is 4.57 Å². The second kappa shape index (κ2) is 6.33. The Morgan fingerprint density at radius 2 is 1.45 bits per heavy atom. The first kappa shape index (κ1) is 19.2. The average Bonchev–Trinajstić information content (AvgIpc) is 2.67. The molecule has 20 heavy (non-hydrogen) atoms. The normalized spacial score (nSPS) is 15.0. The molecule has 0 bridgehead atoms. The number of halogens is 6. The van der Waals surface area contributed by atoms with E-state index in [2.05, 4.69) is 41.7 Å². The van der Waals surface area contributed by atoms with Gasteiger partial charge in [0.2, 0.25) is 6.33 Å². The topological polar surface area (TPSA) is 8.81 Å². The van der Waals surface area contributed by atoms with Crippen molar-refractivity contribution in [2.75, 3.05) is 0 Å². The van der Waals surface area contributed by atoms with E-state index in [-0.39, 0.29) is 0 Å². The number of imidazole rings is 1. The maximum atomic E-state index is 9.87. The van der Waals surface area contributed by atoms with Gasteiger partial charge in [-0.1, -0.05) is 26.7 Å². The first-order chi connectivity index (χ1) is 8.81. The van der Waals surface area contributed by atoms with E-state index in [0.717, 1.165) is 13.1 Å². The number of rotatable bonds is 6. The summed E-state index contributed by atoms with van der Waals surface area (Å²) in [6.45, 7) is 6.79. The molecule has 0 fully saturated rings. The summed E-state index contributed by atoms with van der Waals surface area (Å²) in [6, 6.07) is 0. The minimum absolute atomic E-state index is 1.16. The third-order valence-electron chi connectivity index (χ3n) is 2.29. The fraction of sp³-hybridized carbons (Fsp3) is 0.727. The van der Waals surface area contributed by atoms with Crippen LogP contribution in [0.5, 0.6) is 0 Å². The Morgan fingerprint density at radius 1 is 0.950 bits per heavy atom. The molecule has 0 unspecified atom stereocenters. The predicted molar refractivity (Wildman–Crippen MR) is 68.0 cm³/mol. The SMILES string of the molecule is CCCCn1cc[n+](CCCC)c1.F[P-](F)(F)(F)(F)F. The van der Waals surface area contributed by atoms with Crippen LogP contribution in [0.3, 0.4) is 0 Å². The Hall–Kier alpha value is -0.780. The summed E-state index contributed by atoms with van der Waals surface area (Å²) < 4.78 is 63.7. The second-order valence-electron chi connectivity index (χ2n) is 4.55. The molecule has 1 rings (SSSR count). The molecule has 1 aromatic heterocycles. The standard InChI is InChI=1S/C11H21N2.F6P/c1-3-5-7-12-9-10-13(11-12)8-6-4-2;1-7(2,3,4,5)6/h9-11H,3-8H2,1-2H3;/q+1;-1. The summed E-state index contributed by atoms with van der Waals surface area (Å²) in [5.41, 5.74) is 0. The Kier molecular flexibility index (Phi) is 6.08. The Labute approximate surface area is 114 Å². The molecule has 122 valence electrons. The molecule has 9 heteroatoms. The van der Waals surface area contributed by atoms with Crippen molar-refractivity contribution >= 4 is 7.81 Å². The van der Waals surface area contributed by atoms with E-state index in [1.807, 2.05) is 0 Å². The molecule has 2 nitrogen and oxygen atoms in total. The monoisotopic (exact) mass is 326 g/mol. The van der Waals surface area contributed by atoms with Crippen molar-refractivity contribution in [2.45, 2.75) is 52.6 Å². The van der Waals surface area contributed by atoms with Crippen molar-refractivity contribution in [3.63, 3.8) is 0 Å². The molecule has 0 N–H and O–H groups in total. The Bertz CT molecular complexity index is 363. The summed E-state index contributed by atoms with van der Waals surface area (Å²) in [6.07, 6.45) is 11.7. The predicted octanol–water partition coefficient (Wildman–Crippen LogP) is 5.76. The molecule has 0 aromatic carbocycles. The third kappa shape index (κ3) is 17.2. The van der Waals surface area contributed by atoms with Crippen LogP contribution >= 0.6 is 7.81 Å². The number of aryl methyl sites for hydroxylation is 2. The van der Waals surface area contributed by atoms with Crippen LogP contribution in [0.1, 0.15) is 39.5 Å². The molecular weight excluding hydrogens is 305 g/mol. The van der Waals surface area contributed by atoms with Gasteiger partial charge < -0.3 is 0 Å². The van der Waals surface area contributed by atoms with E-state index in [0.29, 0.717) is 0 Å². The van der Waals surface area contributed by atoms with Gasteiger partial charge in [-0.2, -0.15) is 0 Å². The molecule has 0 aliphatic rings. The summed E-state index contributed by atoms with van der Waals surface area (Å²) in [7, 11) is -10.7. The molecule has 1 heterocycles. The van der Waals surface area contributed by atoms with Gasteiger partial charge in [0.1, 0.15) is 12.4 Å². The van der Waals surface area contributed by atoms with Gasteiger partial charge in [0, 0.05) is 0 Å². The van der Waals surface area contributed by atoms with Gasteiger partial charge >= 0.3 is 33.0 Å². The van der Waals surface area contributed by atoms with Crippen LogP contribution in [0, 0.1) is 0 Å². The Balaban J connectivity index is 0.000000441. The van der Waals surface area contributed by atoms with E-state index in [4.69, 9.17) is 0 Å². The van der Waals surface area contributed by atoms with Gasteiger partial charge in [0.05, 0.1) is 13.1 Å². The van der Waals surface area contributed by atoms with Gasteiger partial charge in [-0.05, 0) is 12.8 Å². The molecule has 0 radical (unpaired) electrons. The van der Waals surface area contributed by atoms with Gasteiger partial charge in [-0.3, -0.25) is 0 Å². The third-order valence-corrected chi connectivity index (χ3v) is 2.29. The Morgan fingerprint density at radius 3 is 1.90 bits per heavy atom. The van der Waals surface area contributed by atoms with Crippen LogP contribution in [0.2, 0.25) is 0 Å². The number of hydrogen-bond acceptors (Lipinski definition) is 0. The zero-order chi connectivity index (χ0) is 15.9. The number of aromatic nitrogens is 2. The van der Waals surface area contributed by atoms with E-state index >= 15 is 0 Å². The molecule has 0 atom stereocenters. The molecule has 0 aliphatic carbocycles. The molecule has 0 saturated carbocycles. The second-order valence-corrected chi connectivity index (χ2v) is 6.47. The summed E-state index contributed by atoms with van der Waals surface area (Å²) in [5.74, 6) is 0. The van der Waals surface area contributed by atoms with Crippen molar-refractivity contribution in [1.82, 2.24) is 4.57 Å². The van der Waals surface area contributed by atoms with Crippen molar-refractivity contribution in [3.8, 4) is 0 Å². The van der Waals surface area contributed by atoms with Gasteiger partial charge in [-0.15, -0.1) is 0 Å². The summed E-state index contributed by atoms with van der Waals surface area (Å²) in [4.78, 5) is 0. The molecule has 0 aliphatic heterocycles. The zero-order valence-electron chi connectivity index (χ0n) is 11.6. The number of hydrogen-bond donors (Lipinski definition) is 0. The molecular formula is C11H21F6N2P. The van der Waals surface area contributed by atoms with E-state index < -0.39 is 7.81 Å². The van der Waals surface area contributed by atoms with Crippen LogP contribution < -0.4 is 4.57 Å². The van der Waals surface area contributed by atoms with E-state index in [1.165, 1.54) is 25.7 Å². The van der Waals surface area contributed by atoms with Crippen molar-refractivity contribution < 1.29 is 29.7 Å².